The lowest BCUT2D eigenvalue weighted by atomic mass is 9.93. The maximum absolute atomic E-state index is 12.8. The molecule has 0 aromatic rings. The molecule has 4 heteroatoms. The van der Waals surface area contributed by atoms with Gasteiger partial charge in [-0.05, 0) is 12.8 Å². The number of alkyl halides is 2. The van der Waals surface area contributed by atoms with Crippen molar-refractivity contribution in [2.24, 2.45) is 5.92 Å². The van der Waals surface area contributed by atoms with Gasteiger partial charge in [-0.2, -0.15) is 8.78 Å². The third-order valence-electron chi connectivity index (χ3n) is 1.93. The minimum absolute atomic E-state index is 0.202. The van der Waals surface area contributed by atoms with Crippen LogP contribution in [0.1, 0.15) is 33.1 Å². The van der Waals surface area contributed by atoms with E-state index < -0.39 is 17.8 Å². The predicted molar refractivity (Wildman–Crippen MR) is 41.3 cm³/mol. The molecule has 0 saturated carbocycles. The number of hydrogen-bond donors (Lipinski definition) is 1. The Hall–Kier alpha value is -0.670. The van der Waals surface area contributed by atoms with Crippen LogP contribution in [0, 0.1) is 5.92 Å². The third kappa shape index (κ3) is 2.43. The van der Waals surface area contributed by atoms with Crippen LogP contribution >= 0.6 is 0 Å². The minimum atomic E-state index is -3.56. The summed E-state index contributed by atoms with van der Waals surface area (Å²) in [5.74, 6) is -6.60. The molecule has 2 nitrogen and oxygen atoms in total. The first kappa shape index (κ1) is 11.3. The number of carboxylic acids is 1. The molecule has 0 aromatic carbocycles. The highest BCUT2D eigenvalue weighted by Gasteiger charge is 2.45. The number of rotatable bonds is 5. The van der Waals surface area contributed by atoms with E-state index in [1.165, 1.54) is 0 Å². The van der Waals surface area contributed by atoms with Crippen molar-refractivity contribution >= 4 is 5.97 Å². The SMILES string of the molecule is CCCC(CC)C(F)(F)C(=O)O. The summed E-state index contributed by atoms with van der Waals surface area (Å²) in [6, 6.07) is 0. The first-order valence-corrected chi connectivity index (χ1v) is 4.08. The van der Waals surface area contributed by atoms with E-state index in [-0.39, 0.29) is 12.8 Å². The van der Waals surface area contributed by atoms with Crippen LogP contribution in [0.2, 0.25) is 0 Å². The van der Waals surface area contributed by atoms with E-state index in [0.29, 0.717) is 6.42 Å². The summed E-state index contributed by atoms with van der Waals surface area (Å²) in [5.41, 5.74) is 0. The summed E-state index contributed by atoms with van der Waals surface area (Å²) < 4.78 is 25.6. The Morgan fingerprint density at radius 3 is 2.25 bits per heavy atom. The molecule has 0 aliphatic carbocycles. The average molecular weight is 180 g/mol. The molecule has 72 valence electrons. The third-order valence-corrected chi connectivity index (χ3v) is 1.93. The van der Waals surface area contributed by atoms with Gasteiger partial charge in [-0.15, -0.1) is 0 Å². The highest BCUT2D eigenvalue weighted by Crippen LogP contribution is 2.30. The van der Waals surface area contributed by atoms with Crippen LogP contribution in [-0.4, -0.2) is 17.0 Å². The van der Waals surface area contributed by atoms with E-state index in [4.69, 9.17) is 5.11 Å². The first-order chi connectivity index (χ1) is 5.46. The number of halogens is 2. The normalized spacial score (nSPS) is 14.3. The average Bonchev–Trinajstić information content (AvgIpc) is 1.99. The molecule has 0 spiro atoms. The van der Waals surface area contributed by atoms with Crippen LogP contribution in [0.4, 0.5) is 8.78 Å². The Morgan fingerprint density at radius 2 is 2.00 bits per heavy atom. The topological polar surface area (TPSA) is 37.3 Å². The molecule has 0 bridgehead atoms. The van der Waals surface area contributed by atoms with Gasteiger partial charge < -0.3 is 5.11 Å². The summed E-state index contributed by atoms with van der Waals surface area (Å²) in [5, 5.41) is 8.22. The Bertz CT molecular complexity index is 157. The molecule has 1 N–H and O–H groups in total. The molecule has 1 unspecified atom stereocenters. The highest BCUT2D eigenvalue weighted by molar-refractivity contribution is 5.75. The van der Waals surface area contributed by atoms with Crippen LogP contribution in [0.15, 0.2) is 0 Å². The molecule has 0 aromatic heterocycles. The van der Waals surface area contributed by atoms with Crippen LogP contribution in [-0.2, 0) is 4.79 Å². The zero-order chi connectivity index (χ0) is 9.78. The monoisotopic (exact) mass is 180 g/mol. The minimum Gasteiger partial charge on any atom is -0.477 e. The van der Waals surface area contributed by atoms with Crippen molar-refractivity contribution in [1.29, 1.82) is 0 Å². The summed E-state index contributed by atoms with van der Waals surface area (Å²) in [6.45, 7) is 3.35. The molecule has 0 fully saturated rings. The molecular weight excluding hydrogens is 166 g/mol. The largest absolute Gasteiger partial charge is 0.477 e. The lowest BCUT2D eigenvalue weighted by Crippen LogP contribution is -2.36. The van der Waals surface area contributed by atoms with Crippen molar-refractivity contribution < 1.29 is 18.7 Å². The van der Waals surface area contributed by atoms with Crippen molar-refractivity contribution in [3.05, 3.63) is 0 Å². The van der Waals surface area contributed by atoms with Crippen LogP contribution < -0.4 is 0 Å². The molecule has 1 atom stereocenters. The van der Waals surface area contributed by atoms with E-state index in [1.54, 1.807) is 13.8 Å². The van der Waals surface area contributed by atoms with E-state index in [0.717, 1.165) is 0 Å². The summed E-state index contributed by atoms with van der Waals surface area (Å²) in [6.07, 6.45) is 1.05. The maximum Gasteiger partial charge on any atom is 0.374 e. The summed E-state index contributed by atoms with van der Waals surface area (Å²) >= 11 is 0. The summed E-state index contributed by atoms with van der Waals surface area (Å²) in [7, 11) is 0. The second kappa shape index (κ2) is 4.38. The molecule has 12 heavy (non-hydrogen) atoms. The van der Waals surface area contributed by atoms with Crippen LogP contribution in [0.5, 0.6) is 0 Å². The molecule has 0 aliphatic rings. The highest BCUT2D eigenvalue weighted by atomic mass is 19.3. The molecule has 0 rings (SSSR count). The zero-order valence-electron chi connectivity index (χ0n) is 7.31. The molecule has 0 aliphatic heterocycles. The van der Waals surface area contributed by atoms with Crippen molar-refractivity contribution in [2.75, 3.05) is 0 Å². The van der Waals surface area contributed by atoms with Crippen molar-refractivity contribution in [3.63, 3.8) is 0 Å². The van der Waals surface area contributed by atoms with Gasteiger partial charge >= 0.3 is 11.9 Å². The standard InChI is InChI=1S/C8H14F2O2/c1-3-5-6(4-2)8(9,10)7(11)12/h6H,3-5H2,1-2H3,(H,11,12). The number of carboxylic acid groups (broad SMARTS) is 1. The number of carbonyl (C=O) groups is 1. The van der Waals surface area contributed by atoms with E-state index in [2.05, 4.69) is 0 Å². The molecule has 0 radical (unpaired) electrons. The summed E-state index contributed by atoms with van der Waals surface area (Å²) in [4.78, 5) is 10.1. The van der Waals surface area contributed by atoms with Gasteiger partial charge in [-0.3, -0.25) is 0 Å². The molecule has 0 heterocycles. The van der Waals surface area contributed by atoms with Gasteiger partial charge in [0.1, 0.15) is 0 Å². The molecular formula is C8H14F2O2. The first-order valence-electron chi connectivity index (χ1n) is 4.08. The van der Waals surface area contributed by atoms with Gasteiger partial charge in [-0.1, -0.05) is 20.3 Å². The Balaban J connectivity index is 4.36. The van der Waals surface area contributed by atoms with E-state index in [1.807, 2.05) is 0 Å². The smallest absolute Gasteiger partial charge is 0.374 e. The fraction of sp³-hybridized carbons (Fsp3) is 0.875. The van der Waals surface area contributed by atoms with Crippen molar-refractivity contribution in [1.82, 2.24) is 0 Å². The van der Waals surface area contributed by atoms with Crippen LogP contribution in [0.25, 0.3) is 0 Å². The fourth-order valence-corrected chi connectivity index (χ4v) is 1.16. The van der Waals surface area contributed by atoms with Gasteiger partial charge in [0.05, 0.1) is 0 Å². The van der Waals surface area contributed by atoms with E-state index >= 15 is 0 Å². The Kier molecular flexibility index (Phi) is 4.13. The predicted octanol–water partition coefficient (Wildman–Crippen LogP) is 2.53. The van der Waals surface area contributed by atoms with Gasteiger partial charge in [-0.25, -0.2) is 4.79 Å². The van der Waals surface area contributed by atoms with Gasteiger partial charge in [0.15, 0.2) is 0 Å². The van der Waals surface area contributed by atoms with Crippen LogP contribution in [0.3, 0.4) is 0 Å². The Labute approximate surface area is 70.6 Å². The Morgan fingerprint density at radius 1 is 1.50 bits per heavy atom. The van der Waals surface area contributed by atoms with Gasteiger partial charge in [0.25, 0.3) is 0 Å². The lowest BCUT2D eigenvalue weighted by Gasteiger charge is -2.21. The molecule has 0 saturated heterocycles. The second-order valence-electron chi connectivity index (χ2n) is 2.82. The van der Waals surface area contributed by atoms with Gasteiger partial charge in [0.2, 0.25) is 0 Å². The molecule has 0 amide bonds. The second-order valence-corrected chi connectivity index (χ2v) is 2.82. The number of aliphatic carboxylic acids is 1. The number of hydrogen-bond acceptors (Lipinski definition) is 1. The quantitative estimate of drug-likeness (QED) is 0.705. The fourth-order valence-electron chi connectivity index (χ4n) is 1.16. The van der Waals surface area contributed by atoms with Crippen molar-refractivity contribution in [2.45, 2.75) is 39.0 Å². The van der Waals surface area contributed by atoms with E-state index in [9.17, 15) is 13.6 Å². The van der Waals surface area contributed by atoms with Crippen molar-refractivity contribution in [3.8, 4) is 0 Å². The maximum atomic E-state index is 12.8. The zero-order valence-corrected chi connectivity index (χ0v) is 7.31. The van der Waals surface area contributed by atoms with Gasteiger partial charge in [0, 0.05) is 5.92 Å². The lowest BCUT2D eigenvalue weighted by molar-refractivity contribution is -0.174.